The van der Waals surface area contributed by atoms with Gasteiger partial charge in [-0.1, -0.05) is 48.5 Å². The summed E-state index contributed by atoms with van der Waals surface area (Å²) in [6.45, 7) is 2.44. The Morgan fingerprint density at radius 1 is 1.03 bits per heavy atom. The molecule has 0 unspecified atom stereocenters. The molecule has 10 heteroatoms. The highest BCUT2D eigenvalue weighted by atomic mass is 32.2. The number of imidazole rings is 1. The molecule has 5 aromatic rings. The molecule has 0 radical (unpaired) electrons. The molecule has 5 rings (SSSR count). The zero-order chi connectivity index (χ0) is 21.4. The molecule has 31 heavy (non-hydrogen) atoms. The number of nitrogens with one attached hydrogen (secondary N) is 2. The van der Waals surface area contributed by atoms with Crippen molar-refractivity contribution in [1.29, 1.82) is 0 Å². The maximum atomic E-state index is 12.5. The van der Waals surface area contributed by atoms with Crippen LogP contribution in [0, 0.1) is 6.92 Å². The van der Waals surface area contributed by atoms with Crippen molar-refractivity contribution < 1.29 is 0 Å². The number of aryl methyl sites for hydroxylation is 1. The van der Waals surface area contributed by atoms with Crippen molar-refractivity contribution in [2.24, 2.45) is 0 Å². The average molecular weight is 430 g/mol. The number of tetrazole rings is 1. The van der Waals surface area contributed by atoms with Crippen LogP contribution in [0.3, 0.4) is 0 Å². The third-order valence-corrected chi connectivity index (χ3v) is 5.82. The van der Waals surface area contributed by atoms with E-state index in [1.54, 1.807) is 0 Å². The zero-order valence-corrected chi connectivity index (χ0v) is 17.6. The molecule has 0 spiro atoms. The smallest absolute Gasteiger partial charge is 0.290 e. The number of rotatable bonds is 5. The van der Waals surface area contributed by atoms with Gasteiger partial charge in [0.2, 0.25) is 5.82 Å². The Kier molecular flexibility index (Phi) is 4.83. The fourth-order valence-electron chi connectivity index (χ4n) is 3.67. The number of hydrogen-bond acceptors (Lipinski definition) is 7. The Labute approximate surface area is 180 Å². The monoisotopic (exact) mass is 430 g/mol. The van der Waals surface area contributed by atoms with Crippen molar-refractivity contribution in [2.45, 2.75) is 18.5 Å². The Morgan fingerprint density at radius 3 is 2.52 bits per heavy atom. The Hall–Kier alpha value is -3.79. The lowest BCUT2D eigenvalue weighted by Gasteiger charge is -2.10. The summed E-state index contributed by atoms with van der Waals surface area (Å²) in [6, 6.07) is 16.2. The van der Waals surface area contributed by atoms with Gasteiger partial charge in [-0.15, -0.1) is 22.0 Å². The minimum atomic E-state index is -0.237. The van der Waals surface area contributed by atoms with Crippen LogP contribution in [-0.2, 0) is 6.54 Å². The topological polar surface area (TPSA) is 118 Å². The van der Waals surface area contributed by atoms with Crippen molar-refractivity contribution in [1.82, 2.24) is 40.4 Å². The highest BCUT2D eigenvalue weighted by Gasteiger charge is 2.16. The third kappa shape index (κ3) is 3.40. The van der Waals surface area contributed by atoms with E-state index in [1.165, 1.54) is 11.8 Å². The molecule has 0 aliphatic rings. The van der Waals surface area contributed by atoms with E-state index < -0.39 is 0 Å². The second-order valence-electron chi connectivity index (χ2n) is 6.98. The summed E-state index contributed by atoms with van der Waals surface area (Å²) in [6.07, 6.45) is 1.92. The van der Waals surface area contributed by atoms with Gasteiger partial charge in [0.1, 0.15) is 21.9 Å². The molecule has 0 atom stereocenters. The summed E-state index contributed by atoms with van der Waals surface area (Å²) in [5, 5.41) is 21.8. The number of thioether (sulfide) groups is 1. The maximum Gasteiger partial charge on any atom is 0.290 e. The minimum Gasteiger partial charge on any atom is -0.319 e. The lowest BCUT2D eigenvalue weighted by atomic mass is 9.98. The molecule has 0 saturated carbocycles. The highest BCUT2D eigenvalue weighted by Crippen LogP contribution is 2.30. The fourth-order valence-corrected chi connectivity index (χ4v) is 4.14. The van der Waals surface area contributed by atoms with Crippen LogP contribution in [0.4, 0.5) is 0 Å². The van der Waals surface area contributed by atoms with E-state index in [-0.39, 0.29) is 5.56 Å². The van der Waals surface area contributed by atoms with Crippen LogP contribution in [0.2, 0.25) is 0 Å². The number of fused-ring (bicyclic) bond motifs is 1. The molecule has 9 nitrogen and oxygen atoms in total. The molecule has 0 aliphatic heterocycles. The zero-order valence-electron chi connectivity index (χ0n) is 16.8. The molecule has 2 aromatic carbocycles. The Balaban J connectivity index is 1.51. The molecular formula is C21H18N8OS. The lowest BCUT2D eigenvalue weighted by Crippen LogP contribution is -2.14. The van der Waals surface area contributed by atoms with Crippen LogP contribution in [-0.4, -0.2) is 46.6 Å². The molecule has 0 aliphatic carbocycles. The van der Waals surface area contributed by atoms with Crippen molar-refractivity contribution in [3.8, 4) is 22.5 Å². The molecule has 154 valence electrons. The highest BCUT2D eigenvalue weighted by molar-refractivity contribution is 7.98. The molecule has 0 amide bonds. The maximum absolute atomic E-state index is 12.5. The van der Waals surface area contributed by atoms with E-state index in [0.29, 0.717) is 28.4 Å². The minimum absolute atomic E-state index is 0.237. The van der Waals surface area contributed by atoms with Crippen LogP contribution < -0.4 is 5.56 Å². The SMILES string of the molecule is CSc1n[nH]c(=O)c2c1nc(C)n2Cc1ccc(-c2ccccc2-c2nn[nH]n2)cc1. The first kappa shape index (κ1) is 19.2. The first-order chi connectivity index (χ1) is 15.2. The molecule has 0 saturated heterocycles. The van der Waals surface area contributed by atoms with Crippen LogP contribution in [0.5, 0.6) is 0 Å². The standard InChI is InChI=1S/C21H18N8OS/c1-12-22-17-18(20(30)25-26-21(17)31-2)29(12)11-13-7-9-14(10-8-13)15-5-3-4-6-16(15)19-23-27-28-24-19/h3-10H,11H2,1-2H3,(H,25,30)(H,23,24,27,28). The number of nitrogens with zero attached hydrogens (tertiary/aromatic N) is 6. The number of aromatic amines is 2. The van der Waals surface area contributed by atoms with Gasteiger partial charge in [0.05, 0.1) is 0 Å². The van der Waals surface area contributed by atoms with Gasteiger partial charge >= 0.3 is 0 Å². The third-order valence-electron chi connectivity index (χ3n) is 5.15. The van der Waals surface area contributed by atoms with E-state index in [2.05, 4.69) is 60.1 Å². The molecule has 2 N–H and O–H groups in total. The van der Waals surface area contributed by atoms with Crippen molar-refractivity contribution in [3.05, 3.63) is 70.3 Å². The number of benzene rings is 2. The quantitative estimate of drug-likeness (QED) is 0.411. The molecule has 3 aromatic heterocycles. The number of H-pyrrole nitrogens is 2. The molecule has 0 fully saturated rings. The van der Waals surface area contributed by atoms with Crippen molar-refractivity contribution in [3.63, 3.8) is 0 Å². The lowest BCUT2D eigenvalue weighted by molar-refractivity contribution is 0.779. The van der Waals surface area contributed by atoms with E-state index in [4.69, 9.17) is 0 Å². The fraction of sp³-hybridized carbons (Fsp3) is 0.143. The largest absolute Gasteiger partial charge is 0.319 e. The van der Waals surface area contributed by atoms with Gasteiger partial charge in [-0.3, -0.25) is 4.79 Å². The second-order valence-corrected chi connectivity index (χ2v) is 7.78. The summed E-state index contributed by atoms with van der Waals surface area (Å²) < 4.78 is 1.93. The van der Waals surface area contributed by atoms with E-state index in [0.717, 1.165) is 28.1 Å². The van der Waals surface area contributed by atoms with Crippen LogP contribution in [0.1, 0.15) is 11.4 Å². The van der Waals surface area contributed by atoms with Crippen LogP contribution in [0.15, 0.2) is 58.4 Å². The predicted octanol–water partition coefficient (Wildman–Crippen LogP) is 3.05. The predicted molar refractivity (Wildman–Crippen MR) is 119 cm³/mol. The molecular weight excluding hydrogens is 412 g/mol. The summed E-state index contributed by atoms with van der Waals surface area (Å²) in [7, 11) is 0. The van der Waals surface area contributed by atoms with Gasteiger partial charge in [0.25, 0.3) is 5.56 Å². The summed E-state index contributed by atoms with van der Waals surface area (Å²) in [5.74, 6) is 1.33. The normalized spacial score (nSPS) is 11.3. The van der Waals surface area contributed by atoms with E-state index in [9.17, 15) is 4.79 Å². The second kappa shape index (κ2) is 7.80. The number of hydrogen-bond donors (Lipinski definition) is 2. The van der Waals surface area contributed by atoms with Crippen molar-refractivity contribution in [2.75, 3.05) is 6.26 Å². The van der Waals surface area contributed by atoms with Crippen LogP contribution >= 0.6 is 11.8 Å². The molecule has 0 bridgehead atoms. The Bertz CT molecular complexity index is 1420. The van der Waals surface area contributed by atoms with Crippen molar-refractivity contribution >= 4 is 22.8 Å². The van der Waals surface area contributed by atoms with Gasteiger partial charge in [0.15, 0.2) is 0 Å². The van der Waals surface area contributed by atoms with Crippen LogP contribution in [0.25, 0.3) is 33.5 Å². The summed E-state index contributed by atoms with van der Waals surface area (Å²) in [5.41, 5.74) is 4.98. The Morgan fingerprint density at radius 2 is 1.81 bits per heavy atom. The number of aromatic nitrogens is 8. The van der Waals surface area contributed by atoms with E-state index >= 15 is 0 Å². The van der Waals surface area contributed by atoms with Gasteiger partial charge < -0.3 is 4.57 Å². The van der Waals surface area contributed by atoms with Gasteiger partial charge in [0, 0.05) is 12.1 Å². The first-order valence-electron chi connectivity index (χ1n) is 9.57. The average Bonchev–Trinajstić information content (AvgIpc) is 3.44. The molecule has 3 heterocycles. The van der Waals surface area contributed by atoms with Gasteiger partial charge in [-0.25, -0.2) is 10.1 Å². The summed E-state index contributed by atoms with van der Waals surface area (Å²) in [4.78, 5) is 17.0. The van der Waals surface area contributed by atoms with E-state index in [1.807, 2.05) is 42.0 Å². The van der Waals surface area contributed by atoms with Gasteiger partial charge in [-0.2, -0.15) is 10.3 Å². The van der Waals surface area contributed by atoms with Gasteiger partial charge in [-0.05, 0) is 35.1 Å². The first-order valence-corrected chi connectivity index (χ1v) is 10.8. The summed E-state index contributed by atoms with van der Waals surface area (Å²) >= 11 is 1.46.